The average Bonchev–Trinajstić information content (AvgIpc) is 3.35. The molecule has 0 aliphatic rings. The third kappa shape index (κ3) is 3.50. The van der Waals surface area contributed by atoms with Gasteiger partial charge in [-0.3, -0.25) is 4.79 Å². The van der Waals surface area contributed by atoms with Crippen LogP contribution < -0.4 is 5.73 Å². The van der Waals surface area contributed by atoms with Gasteiger partial charge in [0.1, 0.15) is 11.6 Å². The lowest BCUT2D eigenvalue weighted by Gasteiger charge is -2.17. The minimum Gasteiger partial charge on any atom is -0.384 e. The number of benzene rings is 2. The maximum absolute atomic E-state index is 13.0. The van der Waals surface area contributed by atoms with Crippen molar-refractivity contribution in [2.75, 3.05) is 12.8 Å². The van der Waals surface area contributed by atoms with Crippen LogP contribution in [0, 0.1) is 6.92 Å². The molecule has 7 heteroatoms. The number of nitrogens with two attached hydrogens (primary N) is 1. The number of fused-ring (bicyclic) bond motifs is 2. The number of aryl methyl sites for hydroxylation is 1. The van der Waals surface area contributed by atoms with Gasteiger partial charge in [0.15, 0.2) is 5.65 Å². The molecule has 0 aliphatic heterocycles. The number of anilines is 1. The molecule has 1 amide bonds. The molecule has 0 aliphatic carbocycles. The third-order valence-electron chi connectivity index (χ3n) is 5.37. The van der Waals surface area contributed by atoms with Crippen molar-refractivity contribution in [3.05, 3.63) is 77.6 Å². The largest absolute Gasteiger partial charge is 0.384 e. The Bertz CT molecular complexity index is 1420. The van der Waals surface area contributed by atoms with Gasteiger partial charge in [-0.2, -0.15) is 0 Å². The van der Waals surface area contributed by atoms with E-state index in [2.05, 4.69) is 19.9 Å². The molecule has 5 aromatic rings. The van der Waals surface area contributed by atoms with E-state index >= 15 is 0 Å². The quantitative estimate of drug-likeness (QED) is 0.412. The van der Waals surface area contributed by atoms with Crippen molar-refractivity contribution in [2.45, 2.75) is 13.5 Å². The Balaban J connectivity index is 1.49. The molecule has 0 unspecified atom stereocenters. The van der Waals surface area contributed by atoms with Crippen LogP contribution in [-0.4, -0.2) is 37.8 Å². The molecular formula is C24H22N6O. The molecule has 0 saturated carbocycles. The Morgan fingerprint density at radius 1 is 1.03 bits per heavy atom. The average molecular weight is 410 g/mol. The number of rotatable bonds is 4. The first-order valence-corrected chi connectivity index (χ1v) is 10.0. The number of aromatic amines is 2. The highest BCUT2D eigenvalue weighted by molar-refractivity contribution is 6.00. The van der Waals surface area contributed by atoms with Crippen molar-refractivity contribution < 1.29 is 4.79 Å². The highest BCUT2D eigenvalue weighted by Gasteiger charge is 2.16. The Morgan fingerprint density at radius 3 is 2.65 bits per heavy atom. The smallest absolute Gasteiger partial charge is 0.253 e. The second kappa shape index (κ2) is 7.28. The van der Waals surface area contributed by atoms with Crippen LogP contribution in [0.25, 0.3) is 33.3 Å². The maximum Gasteiger partial charge on any atom is 0.253 e. The second-order valence-corrected chi connectivity index (χ2v) is 7.75. The summed E-state index contributed by atoms with van der Waals surface area (Å²) in [6.45, 7) is 2.44. The summed E-state index contributed by atoms with van der Waals surface area (Å²) in [5.74, 6) is 1.17. The molecule has 5 rings (SSSR count). The molecule has 4 N–H and O–H groups in total. The van der Waals surface area contributed by atoms with E-state index in [0.29, 0.717) is 23.6 Å². The number of nitrogens with zero attached hydrogens (tertiary/aromatic N) is 3. The van der Waals surface area contributed by atoms with Crippen molar-refractivity contribution in [3.8, 4) is 11.3 Å². The molecule has 0 saturated heterocycles. The van der Waals surface area contributed by atoms with Crippen LogP contribution in [-0.2, 0) is 6.54 Å². The monoisotopic (exact) mass is 410 g/mol. The normalized spacial score (nSPS) is 11.3. The van der Waals surface area contributed by atoms with Crippen molar-refractivity contribution >= 4 is 33.8 Å². The lowest BCUT2D eigenvalue weighted by molar-refractivity contribution is 0.0785. The third-order valence-corrected chi connectivity index (χ3v) is 5.37. The number of hydrogen-bond donors (Lipinski definition) is 3. The summed E-state index contributed by atoms with van der Waals surface area (Å²) in [5.41, 5.74) is 11.9. The van der Waals surface area contributed by atoms with Gasteiger partial charge in [0.25, 0.3) is 5.91 Å². The van der Waals surface area contributed by atoms with Gasteiger partial charge in [0, 0.05) is 41.3 Å². The standard InChI is InChI=1S/C24H22N6O/c1-14-26-22-18(12-21(25)29-23(22)27-14)20-11-17-10-16(8-9-19(17)28-20)24(31)30(2)13-15-6-4-3-5-7-15/h3-12,28H,13H2,1-2H3,(H3,25,26,27,29). The number of imidazole rings is 1. The topological polar surface area (TPSA) is 104 Å². The van der Waals surface area contributed by atoms with Gasteiger partial charge in [0.05, 0.1) is 5.52 Å². The molecule has 2 aromatic carbocycles. The van der Waals surface area contributed by atoms with E-state index in [0.717, 1.165) is 39.1 Å². The fourth-order valence-corrected chi connectivity index (χ4v) is 3.90. The number of carbonyl (C=O) groups is 1. The number of amides is 1. The number of H-pyrrole nitrogens is 2. The van der Waals surface area contributed by atoms with E-state index in [1.807, 2.05) is 74.6 Å². The van der Waals surface area contributed by atoms with E-state index in [-0.39, 0.29) is 5.91 Å². The lowest BCUT2D eigenvalue weighted by atomic mass is 10.1. The summed E-state index contributed by atoms with van der Waals surface area (Å²) in [7, 11) is 1.82. The minimum absolute atomic E-state index is 0.0201. The predicted octanol–water partition coefficient (Wildman–Crippen LogP) is 4.27. The molecular weight excluding hydrogens is 388 g/mol. The lowest BCUT2D eigenvalue weighted by Crippen LogP contribution is -2.26. The van der Waals surface area contributed by atoms with Crippen molar-refractivity contribution in [1.82, 2.24) is 24.8 Å². The Hall–Kier alpha value is -4.13. The fourth-order valence-electron chi connectivity index (χ4n) is 3.90. The summed E-state index contributed by atoms with van der Waals surface area (Å²) in [6.07, 6.45) is 0. The van der Waals surface area contributed by atoms with Gasteiger partial charge in [-0.25, -0.2) is 9.97 Å². The second-order valence-electron chi connectivity index (χ2n) is 7.75. The number of aromatic nitrogens is 4. The van der Waals surface area contributed by atoms with E-state index in [1.54, 1.807) is 4.90 Å². The van der Waals surface area contributed by atoms with Gasteiger partial charge in [0.2, 0.25) is 0 Å². The number of nitrogen functional groups attached to an aromatic ring is 1. The first-order chi connectivity index (χ1) is 15.0. The first-order valence-electron chi connectivity index (χ1n) is 10.0. The number of carbonyl (C=O) groups excluding carboxylic acids is 1. The highest BCUT2D eigenvalue weighted by Crippen LogP contribution is 2.30. The maximum atomic E-state index is 13.0. The molecule has 0 bridgehead atoms. The summed E-state index contributed by atoms with van der Waals surface area (Å²) in [5, 5.41) is 0.953. The Morgan fingerprint density at radius 2 is 1.84 bits per heavy atom. The Labute approximate surface area is 178 Å². The predicted molar refractivity (Wildman–Crippen MR) is 123 cm³/mol. The molecule has 31 heavy (non-hydrogen) atoms. The van der Waals surface area contributed by atoms with Crippen molar-refractivity contribution in [3.63, 3.8) is 0 Å². The molecule has 3 aromatic heterocycles. The molecule has 154 valence electrons. The van der Waals surface area contributed by atoms with Gasteiger partial charge in [-0.1, -0.05) is 30.3 Å². The van der Waals surface area contributed by atoms with E-state index in [4.69, 9.17) is 5.73 Å². The van der Waals surface area contributed by atoms with Crippen LogP contribution >= 0.6 is 0 Å². The Kier molecular flexibility index (Phi) is 4.43. The number of pyridine rings is 1. The molecule has 3 heterocycles. The van der Waals surface area contributed by atoms with Crippen LogP contribution in [0.1, 0.15) is 21.7 Å². The molecule has 0 fully saturated rings. The number of nitrogens with one attached hydrogen (secondary N) is 2. The van der Waals surface area contributed by atoms with Crippen LogP contribution in [0.3, 0.4) is 0 Å². The van der Waals surface area contributed by atoms with Crippen LogP contribution in [0.4, 0.5) is 5.82 Å². The summed E-state index contributed by atoms with van der Waals surface area (Å²) in [4.78, 5) is 30.1. The van der Waals surface area contributed by atoms with Gasteiger partial charge >= 0.3 is 0 Å². The van der Waals surface area contributed by atoms with E-state index < -0.39 is 0 Å². The zero-order valence-corrected chi connectivity index (χ0v) is 17.3. The summed E-state index contributed by atoms with van der Waals surface area (Å²) < 4.78 is 0. The SMILES string of the molecule is Cc1nc2nc(N)cc(-c3cc4cc(C(=O)N(C)Cc5ccccc5)ccc4[nH]3)c2[nH]1. The minimum atomic E-state index is -0.0201. The fraction of sp³-hybridized carbons (Fsp3) is 0.125. The zero-order valence-electron chi connectivity index (χ0n) is 17.3. The van der Waals surface area contributed by atoms with Crippen LogP contribution in [0.15, 0.2) is 60.7 Å². The number of hydrogen-bond acceptors (Lipinski definition) is 4. The zero-order chi connectivity index (χ0) is 21.5. The highest BCUT2D eigenvalue weighted by atomic mass is 16.2. The summed E-state index contributed by atoms with van der Waals surface area (Å²) in [6, 6.07) is 19.5. The van der Waals surface area contributed by atoms with Crippen LogP contribution in [0.5, 0.6) is 0 Å². The first kappa shape index (κ1) is 18.9. The molecule has 0 atom stereocenters. The molecule has 7 nitrogen and oxygen atoms in total. The van der Waals surface area contributed by atoms with Gasteiger partial charge < -0.3 is 20.6 Å². The molecule has 0 radical (unpaired) electrons. The van der Waals surface area contributed by atoms with Crippen molar-refractivity contribution in [2.24, 2.45) is 0 Å². The van der Waals surface area contributed by atoms with Crippen molar-refractivity contribution in [1.29, 1.82) is 0 Å². The molecule has 0 spiro atoms. The van der Waals surface area contributed by atoms with Crippen LogP contribution in [0.2, 0.25) is 0 Å². The van der Waals surface area contributed by atoms with Gasteiger partial charge in [-0.05, 0) is 42.8 Å². The van der Waals surface area contributed by atoms with Gasteiger partial charge in [-0.15, -0.1) is 0 Å². The van der Waals surface area contributed by atoms with E-state index in [1.165, 1.54) is 0 Å². The van der Waals surface area contributed by atoms with E-state index in [9.17, 15) is 4.79 Å². The summed E-state index contributed by atoms with van der Waals surface area (Å²) >= 11 is 0.